The fourth-order valence-corrected chi connectivity index (χ4v) is 1.07. The summed E-state index contributed by atoms with van der Waals surface area (Å²) in [6.07, 6.45) is 0. The number of benzene rings is 1. The third-order valence-electron chi connectivity index (χ3n) is 1.80. The summed E-state index contributed by atoms with van der Waals surface area (Å²) in [7, 11) is -1.46. The van der Waals surface area contributed by atoms with Crippen molar-refractivity contribution in [2.75, 3.05) is 0 Å². The molecule has 3 N–H and O–H groups in total. The highest BCUT2D eigenvalue weighted by molar-refractivity contribution is 6.59. The molecule has 0 aliphatic heterocycles. The molecule has 0 spiro atoms. The van der Waals surface area contributed by atoms with E-state index < -0.39 is 7.12 Å². The van der Waals surface area contributed by atoms with Gasteiger partial charge in [-0.2, -0.15) is 0 Å². The summed E-state index contributed by atoms with van der Waals surface area (Å²) in [6, 6.07) is 5.08. The van der Waals surface area contributed by atoms with Gasteiger partial charge in [0, 0.05) is 0 Å². The van der Waals surface area contributed by atoms with Crippen molar-refractivity contribution in [3.05, 3.63) is 29.3 Å². The van der Waals surface area contributed by atoms with E-state index in [2.05, 4.69) is 0 Å². The second-order valence-electron chi connectivity index (χ2n) is 2.72. The largest absolute Gasteiger partial charge is 0.488 e. The minimum absolute atomic E-state index is 0.0833. The Bertz CT molecular complexity index is 273. The van der Waals surface area contributed by atoms with Crippen molar-refractivity contribution < 1.29 is 15.2 Å². The maximum atomic E-state index is 8.90. The summed E-state index contributed by atoms with van der Waals surface area (Å²) in [5, 5.41) is 26.6. The molecule has 0 bridgehead atoms. The molecule has 1 rings (SSSR count). The van der Waals surface area contributed by atoms with Gasteiger partial charge in [0.2, 0.25) is 0 Å². The molecule has 0 aliphatic carbocycles. The van der Waals surface area contributed by atoms with Gasteiger partial charge < -0.3 is 15.2 Å². The number of aliphatic hydroxyl groups excluding tert-OH is 1. The maximum Gasteiger partial charge on any atom is 0.488 e. The minimum atomic E-state index is -1.46. The lowest BCUT2D eigenvalue weighted by atomic mass is 9.76. The number of hydrogen-bond donors (Lipinski definition) is 3. The van der Waals surface area contributed by atoms with Crippen molar-refractivity contribution >= 4 is 12.6 Å². The van der Waals surface area contributed by atoms with E-state index in [4.69, 9.17) is 15.2 Å². The summed E-state index contributed by atoms with van der Waals surface area (Å²) in [4.78, 5) is 0. The Morgan fingerprint density at radius 2 is 2.00 bits per heavy atom. The van der Waals surface area contributed by atoms with Gasteiger partial charge >= 0.3 is 7.12 Å². The second-order valence-corrected chi connectivity index (χ2v) is 2.72. The Morgan fingerprint density at radius 3 is 2.50 bits per heavy atom. The van der Waals surface area contributed by atoms with Crippen LogP contribution in [0.1, 0.15) is 11.1 Å². The highest BCUT2D eigenvalue weighted by Gasteiger charge is 2.13. The Labute approximate surface area is 71.4 Å². The third-order valence-corrected chi connectivity index (χ3v) is 1.80. The standard InChI is InChI=1S/C8H11BO3/c1-6-2-3-7(5-10)4-8(6)9(11)12/h2-4,10-12H,5H2,1H3. The van der Waals surface area contributed by atoms with Crippen LogP contribution in [0.15, 0.2) is 18.2 Å². The first-order valence-electron chi connectivity index (χ1n) is 3.71. The van der Waals surface area contributed by atoms with Crippen molar-refractivity contribution in [1.82, 2.24) is 0 Å². The molecule has 0 atom stereocenters. The fourth-order valence-electron chi connectivity index (χ4n) is 1.07. The van der Waals surface area contributed by atoms with E-state index in [-0.39, 0.29) is 6.61 Å². The molecule has 0 unspecified atom stereocenters. The zero-order valence-electron chi connectivity index (χ0n) is 6.86. The smallest absolute Gasteiger partial charge is 0.423 e. The normalized spacial score (nSPS) is 10.0. The molecule has 0 amide bonds. The first-order valence-corrected chi connectivity index (χ1v) is 3.71. The lowest BCUT2D eigenvalue weighted by Gasteiger charge is -2.05. The Balaban J connectivity index is 3.08. The van der Waals surface area contributed by atoms with Crippen molar-refractivity contribution in [1.29, 1.82) is 0 Å². The zero-order chi connectivity index (χ0) is 9.14. The van der Waals surface area contributed by atoms with Crippen LogP contribution in [0.2, 0.25) is 0 Å². The van der Waals surface area contributed by atoms with Crippen LogP contribution in [0.5, 0.6) is 0 Å². The van der Waals surface area contributed by atoms with Crippen LogP contribution in [-0.2, 0) is 6.61 Å². The SMILES string of the molecule is Cc1ccc(CO)cc1B(O)O. The second kappa shape index (κ2) is 3.71. The predicted molar refractivity (Wildman–Crippen MR) is 46.9 cm³/mol. The molecule has 1 aromatic carbocycles. The van der Waals surface area contributed by atoms with Crippen LogP contribution >= 0.6 is 0 Å². The molecule has 0 fully saturated rings. The van der Waals surface area contributed by atoms with Crippen molar-refractivity contribution in [3.8, 4) is 0 Å². The molecule has 12 heavy (non-hydrogen) atoms. The van der Waals surface area contributed by atoms with E-state index in [1.54, 1.807) is 25.1 Å². The lowest BCUT2D eigenvalue weighted by molar-refractivity contribution is 0.282. The van der Waals surface area contributed by atoms with Crippen LogP contribution in [-0.4, -0.2) is 22.3 Å². The number of rotatable bonds is 2. The summed E-state index contributed by atoms with van der Waals surface area (Å²) in [6.45, 7) is 1.70. The molecule has 0 saturated heterocycles. The predicted octanol–water partition coefficient (Wildman–Crippen LogP) is -0.833. The Morgan fingerprint density at radius 1 is 1.33 bits per heavy atom. The maximum absolute atomic E-state index is 8.90. The van der Waals surface area contributed by atoms with E-state index >= 15 is 0 Å². The van der Waals surface area contributed by atoms with Crippen LogP contribution in [0.25, 0.3) is 0 Å². The quantitative estimate of drug-likeness (QED) is 0.502. The van der Waals surface area contributed by atoms with E-state index in [0.29, 0.717) is 11.0 Å². The summed E-state index contributed by atoms with van der Waals surface area (Å²) in [5.74, 6) is 0. The molecule has 0 radical (unpaired) electrons. The van der Waals surface area contributed by atoms with Crippen LogP contribution in [0, 0.1) is 6.92 Å². The van der Waals surface area contributed by atoms with Gasteiger partial charge in [0.15, 0.2) is 0 Å². The minimum Gasteiger partial charge on any atom is -0.423 e. The summed E-state index contributed by atoms with van der Waals surface area (Å²) in [5.41, 5.74) is 1.94. The van der Waals surface area contributed by atoms with E-state index in [0.717, 1.165) is 5.56 Å². The molecule has 1 aromatic rings. The van der Waals surface area contributed by atoms with Crippen LogP contribution in [0.4, 0.5) is 0 Å². The van der Waals surface area contributed by atoms with Crippen molar-refractivity contribution in [2.24, 2.45) is 0 Å². The van der Waals surface area contributed by atoms with Crippen molar-refractivity contribution in [3.63, 3.8) is 0 Å². The molecule has 64 valence electrons. The van der Waals surface area contributed by atoms with Gasteiger partial charge in [-0.1, -0.05) is 23.8 Å². The lowest BCUT2D eigenvalue weighted by Crippen LogP contribution is -2.32. The molecular formula is C8H11BO3. The van der Waals surface area contributed by atoms with Gasteiger partial charge in [-0.25, -0.2) is 0 Å². The number of hydrogen-bond acceptors (Lipinski definition) is 3. The number of aryl methyl sites for hydroxylation is 1. The van der Waals surface area contributed by atoms with Gasteiger partial charge in [-0.05, 0) is 17.9 Å². The Kier molecular flexibility index (Phi) is 2.86. The average Bonchev–Trinajstić information content (AvgIpc) is 2.05. The van der Waals surface area contributed by atoms with Gasteiger partial charge in [0.1, 0.15) is 0 Å². The van der Waals surface area contributed by atoms with Crippen LogP contribution < -0.4 is 5.46 Å². The van der Waals surface area contributed by atoms with Gasteiger partial charge in [-0.15, -0.1) is 0 Å². The number of aliphatic hydroxyl groups is 1. The van der Waals surface area contributed by atoms with E-state index in [9.17, 15) is 0 Å². The molecule has 0 heterocycles. The molecule has 3 nitrogen and oxygen atoms in total. The monoisotopic (exact) mass is 166 g/mol. The summed E-state index contributed by atoms with van der Waals surface area (Å²) < 4.78 is 0. The third kappa shape index (κ3) is 1.85. The topological polar surface area (TPSA) is 60.7 Å². The fraction of sp³-hybridized carbons (Fsp3) is 0.250. The molecule has 0 aromatic heterocycles. The summed E-state index contributed by atoms with van der Waals surface area (Å²) >= 11 is 0. The first-order chi connectivity index (χ1) is 5.65. The molecule has 0 aliphatic rings. The van der Waals surface area contributed by atoms with Crippen LogP contribution in [0.3, 0.4) is 0 Å². The highest BCUT2D eigenvalue weighted by atomic mass is 16.4. The van der Waals surface area contributed by atoms with Gasteiger partial charge in [-0.3, -0.25) is 0 Å². The Hall–Kier alpha value is -0.835. The highest BCUT2D eigenvalue weighted by Crippen LogP contribution is 2.01. The molecule has 0 saturated carbocycles. The van der Waals surface area contributed by atoms with Crippen molar-refractivity contribution in [2.45, 2.75) is 13.5 Å². The average molecular weight is 166 g/mol. The van der Waals surface area contributed by atoms with Gasteiger partial charge in [0.25, 0.3) is 0 Å². The molecule has 4 heteroatoms. The zero-order valence-corrected chi connectivity index (χ0v) is 6.86. The first kappa shape index (κ1) is 9.25. The van der Waals surface area contributed by atoms with Gasteiger partial charge in [0.05, 0.1) is 6.61 Å². The van der Waals surface area contributed by atoms with E-state index in [1.807, 2.05) is 0 Å². The molecular weight excluding hydrogens is 155 g/mol. The van der Waals surface area contributed by atoms with E-state index in [1.165, 1.54) is 0 Å².